The lowest BCUT2D eigenvalue weighted by Gasteiger charge is -2.36. The molecule has 2 amide bonds. The molecule has 4 rings (SSSR count). The van der Waals surface area contributed by atoms with Gasteiger partial charge in [-0.3, -0.25) is 9.69 Å². The molecule has 0 spiro atoms. The number of hydrogen-bond acceptors (Lipinski definition) is 5. The van der Waals surface area contributed by atoms with Gasteiger partial charge in [0.25, 0.3) is 5.91 Å². The van der Waals surface area contributed by atoms with Crippen LogP contribution in [0.2, 0.25) is 0 Å². The van der Waals surface area contributed by atoms with Crippen molar-refractivity contribution in [3.63, 3.8) is 0 Å². The molecular formula is C21H23BrN4O3. The van der Waals surface area contributed by atoms with E-state index in [0.717, 1.165) is 34.6 Å². The summed E-state index contributed by atoms with van der Waals surface area (Å²) in [6, 6.07) is 9.22. The van der Waals surface area contributed by atoms with E-state index < -0.39 is 0 Å². The van der Waals surface area contributed by atoms with E-state index in [1.165, 1.54) is 0 Å². The van der Waals surface area contributed by atoms with Gasteiger partial charge < -0.3 is 14.5 Å². The lowest BCUT2D eigenvalue weighted by Crippen LogP contribution is -2.49. The van der Waals surface area contributed by atoms with Crippen LogP contribution in [0.25, 0.3) is 0 Å². The van der Waals surface area contributed by atoms with Crippen LogP contribution >= 0.6 is 15.9 Å². The Morgan fingerprint density at radius 1 is 1.17 bits per heavy atom. The summed E-state index contributed by atoms with van der Waals surface area (Å²) in [5.41, 5.74) is 2.49. The number of halogens is 1. The van der Waals surface area contributed by atoms with Crippen LogP contribution in [-0.2, 0) is 4.74 Å². The summed E-state index contributed by atoms with van der Waals surface area (Å²) in [6.45, 7) is 7.15. The molecule has 0 N–H and O–H groups in total. The lowest BCUT2D eigenvalue weighted by molar-refractivity contribution is 0.0746. The topological polar surface area (TPSA) is 66.0 Å². The number of aromatic nitrogens is 1. The summed E-state index contributed by atoms with van der Waals surface area (Å²) in [5, 5.41) is 0. The van der Waals surface area contributed by atoms with Gasteiger partial charge in [-0.25, -0.2) is 9.78 Å². The van der Waals surface area contributed by atoms with Crippen molar-refractivity contribution < 1.29 is 14.3 Å². The van der Waals surface area contributed by atoms with Gasteiger partial charge in [0.1, 0.15) is 12.4 Å². The SMILES string of the molecule is Cc1cc(Br)cnc1N1CCN(C(=O)c2ccc(N3C(=O)OC[C@H]3C)cc2)CC1. The third-order valence-electron chi connectivity index (χ3n) is 5.36. The van der Waals surface area contributed by atoms with Gasteiger partial charge >= 0.3 is 6.09 Å². The van der Waals surface area contributed by atoms with Gasteiger partial charge in [-0.15, -0.1) is 0 Å². The van der Waals surface area contributed by atoms with Crippen LogP contribution < -0.4 is 9.80 Å². The molecule has 1 aromatic carbocycles. The van der Waals surface area contributed by atoms with Crippen molar-refractivity contribution in [2.75, 3.05) is 42.6 Å². The van der Waals surface area contributed by atoms with Gasteiger partial charge in [0.2, 0.25) is 0 Å². The molecule has 2 aliphatic rings. The fourth-order valence-corrected chi connectivity index (χ4v) is 4.25. The molecule has 2 saturated heterocycles. The average Bonchev–Trinajstić information content (AvgIpc) is 3.06. The van der Waals surface area contributed by atoms with Gasteiger partial charge in [-0.2, -0.15) is 0 Å². The number of amides is 2. The van der Waals surface area contributed by atoms with Gasteiger partial charge in [0, 0.05) is 48.1 Å². The largest absolute Gasteiger partial charge is 0.447 e. The van der Waals surface area contributed by atoms with Crippen molar-refractivity contribution in [2.24, 2.45) is 0 Å². The van der Waals surface area contributed by atoms with Gasteiger partial charge in [-0.1, -0.05) is 0 Å². The molecule has 7 nitrogen and oxygen atoms in total. The predicted octanol–water partition coefficient (Wildman–Crippen LogP) is 3.46. The zero-order valence-electron chi connectivity index (χ0n) is 16.5. The highest BCUT2D eigenvalue weighted by atomic mass is 79.9. The van der Waals surface area contributed by atoms with Crippen molar-refractivity contribution in [2.45, 2.75) is 19.9 Å². The molecule has 29 heavy (non-hydrogen) atoms. The van der Waals surface area contributed by atoms with E-state index in [1.807, 2.05) is 30.9 Å². The molecule has 0 bridgehead atoms. The number of nitrogens with zero attached hydrogens (tertiary/aromatic N) is 4. The summed E-state index contributed by atoms with van der Waals surface area (Å²) in [7, 11) is 0. The summed E-state index contributed by atoms with van der Waals surface area (Å²) < 4.78 is 6.03. The zero-order chi connectivity index (χ0) is 20.5. The Labute approximate surface area is 178 Å². The second-order valence-electron chi connectivity index (χ2n) is 7.42. The number of hydrogen-bond donors (Lipinski definition) is 0. The number of piperazine rings is 1. The minimum absolute atomic E-state index is 0.00666. The first kappa shape index (κ1) is 19.7. The number of pyridine rings is 1. The van der Waals surface area contributed by atoms with E-state index in [0.29, 0.717) is 25.3 Å². The minimum Gasteiger partial charge on any atom is -0.447 e. The normalized spacial score (nSPS) is 19.5. The van der Waals surface area contributed by atoms with Crippen LogP contribution in [0, 0.1) is 6.92 Å². The maximum Gasteiger partial charge on any atom is 0.414 e. The number of carbonyl (C=O) groups excluding carboxylic acids is 2. The summed E-state index contributed by atoms with van der Waals surface area (Å²) in [6.07, 6.45) is 1.46. The van der Waals surface area contributed by atoms with Gasteiger partial charge in [-0.05, 0) is 65.7 Å². The van der Waals surface area contributed by atoms with Gasteiger partial charge in [0.05, 0.1) is 6.04 Å². The summed E-state index contributed by atoms with van der Waals surface area (Å²) in [5.74, 6) is 0.977. The summed E-state index contributed by atoms with van der Waals surface area (Å²) in [4.78, 5) is 35.0. The third-order valence-corrected chi connectivity index (χ3v) is 5.80. The maximum absolute atomic E-state index is 12.9. The Morgan fingerprint density at radius 2 is 1.86 bits per heavy atom. The molecule has 2 aliphatic heterocycles. The monoisotopic (exact) mass is 458 g/mol. The molecule has 2 aromatic rings. The highest BCUT2D eigenvalue weighted by Gasteiger charge is 2.31. The Balaban J connectivity index is 1.40. The fourth-order valence-electron chi connectivity index (χ4n) is 3.81. The van der Waals surface area contributed by atoms with Crippen molar-refractivity contribution in [3.8, 4) is 0 Å². The van der Waals surface area contributed by atoms with Gasteiger partial charge in [0.15, 0.2) is 0 Å². The third kappa shape index (κ3) is 3.94. The first-order chi connectivity index (χ1) is 13.9. The highest BCUT2D eigenvalue weighted by molar-refractivity contribution is 9.10. The maximum atomic E-state index is 12.9. The molecule has 3 heterocycles. The number of benzene rings is 1. The van der Waals surface area contributed by atoms with Crippen LogP contribution in [0.5, 0.6) is 0 Å². The van der Waals surface area contributed by atoms with E-state index in [4.69, 9.17) is 4.74 Å². The number of carbonyl (C=O) groups is 2. The predicted molar refractivity (Wildman–Crippen MR) is 115 cm³/mol. The van der Waals surface area contributed by atoms with Crippen LogP contribution in [0.4, 0.5) is 16.3 Å². The van der Waals surface area contributed by atoms with E-state index in [9.17, 15) is 9.59 Å². The standard InChI is InChI=1S/C21H23BrN4O3/c1-14-11-17(22)12-23-19(14)24-7-9-25(10-8-24)20(27)16-3-5-18(6-4-16)26-15(2)13-29-21(26)28/h3-6,11-12,15H,7-10,13H2,1-2H3/t15-/m1/s1. The van der Waals surface area contributed by atoms with Crippen molar-refractivity contribution >= 4 is 39.4 Å². The molecule has 8 heteroatoms. The molecule has 0 saturated carbocycles. The Bertz CT molecular complexity index is 926. The quantitative estimate of drug-likeness (QED) is 0.704. The fraction of sp³-hybridized carbons (Fsp3) is 0.381. The molecule has 0 aliphatic carbocycles. The first-order valence-corrected chi connectivity index (χ1v) is 10.5. The molecule has 2 fully saturated rings. The van der Waals surface area contributed by atoms with Crippen molar-refractivity contribution in [3.05, 3.63) is 52.1 Å². The summed E-state index contributed by atoms with van der Waals surface area (Å²) >= 11 is 3.45. The lowest BCUT2D eigenvalue weighted by atomic mass is 10.1. The average molecular weight is 459 g/mol. The zero-order valence-corrected chi connectivity index (χ0v) is 18.1. The minimum atomic E-state index is -0.343. The number of cyclic esters (lactones) is 1. The molecule has 0 radical (unpaired) electrons. The van der Waals surface area contributed by atoms with Crippen molar-refractivity contribution in [1.82, 2.24) is 9.88 Å². The van der Waals surface area contributed by atoms with Crippen LogP contribution in [0.3, 0.4) is 0 Å². The Hall–Kier alpha value is -2.61. The second kappa shape index (κ2) is 8.02. The molecule has 1 aromatic heterocycles. The van der Waals surface area contributed by atoms with Crippen LogP contribution in [0.1, 0.15) is 22.8 Å². The first-order valence-electron chi connectivity index (χ1n) is 9.66. The number of aryl methyl sites for hydroxylation is 1. The van der Waals surface area contributed by atoms with E-state index in [2.05, 4.69) is 31.9 Å². The van der Waals surface area contributed by atoms with Crippen LogP contribution in [-0.4, -0.2) is 60.7 Å². The second-order valence-corrected chi connectivity index (χ2v) is 8.33. The Morgan fingerprint density at radius 3 is 2.45 bits per heavy atom. The van der Waals surface area contributed by atoms with E-state index >= 15 is 0 Å². The van der Waals surface area contributed by atoms with E-state index in [1.54, 1.807) is 23.2 Å². The van der Waals surface area contributed by atoms with Crippen LogP contribution in [0.15, 0.2) is 41.0 Å². The van der Waals surface area contributed by atoms with Crippen molar-refractivity contribution in [1.29, 1.82) is 0 Å². The Kier molecular flexibility index (Phi) is 5.45. The molecule has 152 valence electrons. The number of anilines is 2. The molecular weight excluding hydrogens is 436 g/mol. The molecule has 1 atom stereocenters. The van der Waals surface area contributed by atoms with E-state index in [-0.39, 0.29) is 18.0 Å². The highest BCUT2D eigenvalue weighted by Crippen LogP contribution is 2.25. The molecule has 0 unspecified atom stereocenters. The number of ether oxygens (including phenoxy) is 1. The number of rotatable bonds is 3. The smallest absolute Gasteiger partial charge is 0.414 e.